The minimum Gasteiger partial charge on any atom is -0.508 e. The zero-order valence-corrected chi connectivity index (χ0v) is 9.95. The van der Waals surface area contributed by atoms with Crippen molar-refractivity contribution in [1.82, 2.24) is 0 Å². The standard InChI is InChI=1S/C15H12O4/c16-12-6-4-10(5-7-12)8-14(15(18)19)11-2-1-3-13(17)9-11/h1-9,16-17H,(H,18,19). The summed E-state index contributed by atoms with van der Waals surface area (Å²) in [5.41, 5.74) is 1.14. The highest BCUT2D eigenvalue weighted by Crippen LogP contribution is 2.22. The summed E-state index contributed by atoms with van der Waals surface area (Å²) < 4.78 is 0. The van der Waals surface area contributed by atoms with Crippen LogP contribution in [0, 0.1) is 0 Å². The van der Waals surface area contributed by atoms with Crippen molar-refractivity contribution < 1.29 is 20.1 Å². The van der Waals surface area contributed by atoms with Gasteiger partial charge in [0.15, 0.2) is 0 Å². The first kappa shape index (κ1) is 12.7. The van der Waals surface area contributed by atoms with Crippen LogP contribution >= 0.6 is 0 Å². The molecule has 96 valence electrons. The molecule has 0 amide bonds. The molecule has 0 radical (unpaired) electrons. The van der Waals surface area contributed by atoms with Gasteiger partial charge in [-0.2, -0.15) is 0 Å². The Hall–Kier alpha value is -2.75. The van der Waals surface area contributed by atoms with Gasteiger partial charge in [0.25, 0.3) is 0 Å². The lowest BCUT2D eigenvalue weighted by molar-refractivity contribution is -0.130. The van der Waals surface area contributed by atoms with Gasteiger partial charge >= 0.3 is 5.97 Å². The minimum atomic E-state index is -1.08. The molecule has 0 atom stereocenters. The predicted molar refractivity (Wildman–Crippen MR) is 71.7 cm³/mol. The number of hydrogen-bond acceptors (Lipinski definition) is 3. The van der Waals surface area contributed by atoms with E-state index in [0.717, 1.165) is 0 Å². The lowest BCUT2D eigenvalue weighted by Crippen LogP contribution is -1.99. The van der Waals surface area contributed by atoms with E-state index in [4.69, 9.17) is 0 Å². The van der Waals surface area contributed by atoms with Crippen molar-refractivity contribution in [1.29, 1.82) is 0 Å². The summed E-state index contributed by atoms with van der Waals surface area (Å²) in [5, 5.41) is 27.8. The Labute approximate surface area is 109 Å². The number of carboxylic acid groups (broad SMARTS) is 1. The summed E-state index contributed by atoms with van der Waals surface area (Å²) >= 11 is 0. The van der Waals surface area contributed by atoms with Gasteiger partial charge in [-0.15, -0.1) is 0 Å². The number of hydrogen-bond donors (Lipinski definition) is 3. The Balaban J connectivity index is 2.46. The molecular formula is C15H12O4. The number of rotatable bonds is 3. The van der Waals surface area contributed by atoms with Gasteiger partial charge < -0.3 is 15.3 Å². The summed E-state index contributed by atoms with van der Waals surface area (Å²) in [4.78, 5) is 11.3. The second-order valence-corrected chi connectivity index (χ2v) is 4.01. The van der Waals surface area contributed by atoms with Crippen LogP contribution in [0.3, 0.4) is 0 Å². The topological polar surface area (TPSA) is 77.8 Å². The van der Waals surface area contributed by atoms with Crippen molar-refractivity contribution in [3.63, 3.8) is 0 Å². The van der Waals surface area contributed by atoms with Crippen molar-refractivity contribution in [2.75, 3.05) is 0 Å². The maximum Gasteiger partial charge on any atom is 0.336 e. The van der Waals surface area contributed by atoms with E-state index in [2.05, 4.69) is 0 Å². The maximum atomic E-state index is 11.3. The van der Waals surface area contributed by atoms with Gasteiger partial charge in [-0.3, -0.25) is 0 Å². The van der Waals surface area contributed by atoms with Gasteiger partial charge in [0.1, 0.15) is 11.5 Å². The Morgan fingerprint density at radius 2 is 1.63 bits per heavy atom. The molecule has 0 fully saturated rings. The van der Waals surface area contributed by atoms with E-state index in [-0.39, 0.29) is 17.1 Å². The highest BCUT2D eigenvalue weighted by Gasteiger charge is 2.10. The third kappa shape index (κ3) is 3.13. The lowest BCUT2D eigenvalue weighted by atomic mass is 10.0. The molecule has 0 spiro atoms. The number of benzene rings is 2. The number of aliphatic carboxylic acids is 1. The van der Waals surface area contributed by atoms with Gasteiger partial charge in [-0.25, -0.2) is 4.79 Å². The molecule has 0 aliphatic carbocycles. The van der Waals surface area contributed by atoms with Gasteiger partial charge in [0.2, 0.25) is 0 Å². The summed E-state index contributed by atoms with van der Waals surface area (Å²) in [6, 6.07) is 12.2. The first-order chi connectivity index (χ1) is 9.06. The van der Waals surface area contributed by atoms with Crippen LogP contribution in [-0.2, 0) is 4.79 Å². The molecule has 4 heteroatoms. The van der Waals surface area contributed by atoms with Crippen LogP contribution in [0.4, 0.5) is 0 Å². The van der Waals surface area contributed by atoms with E-state index >= 15 is 0 Å². The van der Waals surface area contributed by atoms with Crippen molar-refractivity contribution >= 4 is 17.6 Å². The average Bonchev–Trinajstić information content (AvgIpc) is 2.37. The van der Waals surface area contributed by atoms with Crippen LogP contribution < -0.4 is 0 Å². The SMILES string of the molecule is O=C(O)C(=Cc1ccc(O)cc1)c1cccc(O)c1. The fourth-order valence-corrected chi connectivity index (χ4v) is 1.68. The molecule has 2 aromatic rings. The molecule has 4 nitrogen and oxygen atoms in total. The summed E-state index contributed by atoms with van der Waals surface area (Å²) in [6.07, 6.45) is 1.48. The smallest absolute Gasteiger partial charge is 0.336 e. The molecule has 0 saturated carbocycles. The molecule has 2 aromatic carbocycles. The van der Waals surface area contributed by atoms with Crippen LogP contribution in [0.25, 0.3) is 11.6 Å². The fraction of sp³-hybridized carbons (Fsp3) is 0. The average molecular weight is 256 g/mol. The third-order valence-corrected chi connectivity index (χ3v) is 2.59. The molecule has 19 heavy (non-hydrogen) atoms. The third-order valence-electron chi connectivity index (χ3n) is 2.59. The molecule has 0 aliphatic heterocycles. The first-order valence-corrected chi connectivity index (χ1v) is 5.60. The first-order valence-electron chi connectivity index (χ1n) is 5.60. The number of carboxylic acids is 1. The van der Waals surface area contributed by atoms with Crippen molar-refractivity contribution in [2.24, 2.45) is 0 Å². The van der Waals surface area contributed by atoms with Crippen LogP contribution in [0.15, 0.2) is 48.5 Å². The summed E-state index contributed by atoms with van der Waals surface area (Å²) in [7, 11) is 0. The van der Waals surface area contributed by atoms with Crippen LogP contribution in [0.2, 0.25) is 0 Å². The molecule has 0 heterocycles. The van der Waals surface area contributed by atoms with Crippen molar-refractivity contribution in [3.05, 3.63) is 59.7 Å². The Kier molecular flexibility index (Phi) is 3.52. The fourth-order valence-electron chi connectivity index (χ4n) is 1.68. The van der Waals surface area contributed by atoms with E-state index in [1.54, 1.807) is 24.3 Å². The van der Waals surface area contributed by atoms with Gasteiger partial charge in [-0.1, -0.05) is 24.3 Å². The molecule has 0 aliphatic rings. The zero-order chi connectivity index (χ0) is 13.8. The maximum absolute atomic E-state index is 11.3. The molecule has 3 N–H and O–H groups in total. The second kappa shape index (κ2) is 5.27. The summed E-state index contributed by atoms with van der Waals surface area (Å²) in [6.45, 7) is 0. The molecule has 0 aromatic heterocycles. The minimum absolute atomic E-state index is 0.00959. The Morgan fingerprint density at radius 3 is 2.21 bits per heavy atom. The van der Waals surface area contributed by atoms with Gasteiger partial charge in [-0.05, 0) is 41.5 Å². The number of aromatic hydroxyl groups is 2. The Bertz CT molecular complexity index is 627. The van der Waals surface area contributed by atoms with Crippen LogP contribution in [0.1, 0.15) is 11.1 Å². The van der Waals surface area contributed by atoms with Gasteiger partial charge in [0.05, 0.1) is 5.57 Å². The molecular weight excluding hydrogens is 244 g/mol. The number of phenolic OH excluding ortho intramolecular Hbond substituents is 2. The molecule has 0 unspecified atom stereocenters. The largest absolute Gasteiger partial charge is 0.508 e. The second-order valence-electron chi connectivity index (χ2n) is 4.01. The quantitative estimate of drug-likeness (QED) is 0.583. The van der Waals surface area contributed by atoms with E-state index in [0.29, 0.717) is 11.1 Å². The normalized spacial score (nSPS) is 11.3. The van der Waals surface area contributed by atoms with Crippen molar-refractivity contribution in [3.8, 4) is 11.5 Å². The van der Waals surface area contributed by atoms with Crippen LogP contribution in [0.5, 0.6) is 11.5 Å². The van der Waals surface area contributed by atoms with Crippen molar-refractivity contribution in [2.45, 2.75) is 0 Å². The van der Waals surface area contributed by atoms with E-state index in [9.17, 15) is 20.1 Å². The lowest BCUT2D eigenvalue weighted by Gasteiger charge is -2.04. The monoisotopic (exact) mass is 256 g/mol. The highest BCUT2D eigenvalue weighted by molar-refractivity contribution is 6.20. The van der Waals surface area contributed by atoms with E-state index in [1.165, 1.54) is 30.3 Å². The van der Waals surface area contributed by atoms with Crippen LogP contribution in [-0.4, -0.2) is 21.3 Å². The number of phenols is 2. The predicted octanol–water partition coefficient (Wildman–Crippen LogP) is 2.72. The van der Waals surface area contributed by atoms with E-state index in [1.807, 2.05) is 0 Å². The number of carbonyl (C=O) groups is 1. The molecule has 0 saturated heterocycles. The van der Waals surface area contributed by atoms with E-state index < -0.39 is 5.97 Å². The van der Waals surface area contributed by atoms with Gasteiger partial charge in [0, 0.05) is 0 Å². The Morgan fingerprint density at radius 1 is 0.947 bits per heavy atom. The summed E-state index contributed by atoms with van der Waals surface area (Å²) in [5.74, 6) is -0.958. The highest BCUT2D eigenvalue weighted by atomic mass is 16.4. The molecule has 0 bridgehead atoms. The zero-order valence-electron chi connectivity index (χ0n) is 9.95. The molecule has 2 rings (SSSR count).